The summed E-state index contributed by atoms with van der Waals surface area (Å²) in [6, 6.07) is 0. The van der Waals surface area contributed by atoms with Gasteiger partial charge >= 0.3 is 0 Å². The van der Waals surface area contributed by atoms with Gasteiger partial charge in [0.25, 0.3) is 0 Å². The predicted molar refractivity (Wildman–Crippen MR) is 96.9 cm³/mol. The monoisotopic (exact) mass is 346 g/mol. The molecule has 3 nitrogen and oxygen atoms in total. The van der Waals surface area contributed by atoms with E-state index in [9.17, 15) is 14.7 Å². The molecule has 140 valence electrons. The zero-order valence-electron chi connectivity index (χ0n) is 16.3. The van der Waals surface area contributed by atoms with Crippen LogP contribution in [0.15, 0.2) is 0 Å². The summed E-state index contributed by atoms with van der Waals surface area (Å²) < 4.78 is 0. The molecule has 0 saturated heterocycles. The predicted octanol–water partition coefficient (Wildman–Crippen LogP) is 4.16. The number of fused-ring (bicyclic) bond motifs is 5. The second kappa shape index (κ2) is 5.41. The van der Waals surface area contributed by atoms with Crippen LogP contribution in [0.4, 0.5) is 0 Å². The van der Waals surface area contributed by atoms with E-state index in [1.54, 1.807) is 6.92 Å². The number of aliphatic hydroxyl groups is 1. The minimum Gasteiger partial charge on any atom is -0.390 e. The van der Waals surface area contributed by atoms with E-state index in [1.807, 2.05) is 6.92 Å². The Balaban J connectivity index is 1.74. The Bertz CT molecular complexity index is 608. The SMILES string of the molecule is CC(=O)[C@H]1CC[C@H]2[C@@H]3CC[C@H]4CC(=O)CC[C@]4(C)[C@H]3[C@@](C)(O)C[C@]12C. The quantitative estimate of drug-likeness (QED) is 0.775. The van der Waals surface area contributed by atoms with Gasteiger partial charge in [-0.3, -0.25) is 9.59 Å². The highest BCUT2D eigenvalue weighted by Crippen LogP contribution is 2.69. The standard InChI is InChI=1S/C22H34O3/c1-13(23)17-7-8-18-16-6-5-14-11-15(24)9-10-20(14,2)19(16)22(4,25)12-21(17,18)3/h14,16-19,25H,5-12H2,1-4H3/t14-,16-,17+,18-,19-,20-,21+,22-/m0/s1. The van der Waals surface area contributed by atoms with E-state index in [-0.39, 0.29) is 22.7 Å². The Morgan fingerprint density at radius 3 is 2.48 bits per heavy atom. The number of hydrogen-bond acceptors (Lipinski definition) is 3. The Morgan fingerprint density at radius 1 is 1.08 bits per heavy atom. The van der Waals surface area contributed by atoms with Crippen molar-refractivity contribution in [3.63, 3.8) is 0 Å². The molecule has 25 heavy (non-hydrogen) atoms. The third kappa shape index (κ3) is 2.33. The van der Waals surface area contributed by atoms with E-state index in [4.69, 9.17) is 0 Å². The normalized spacial score (nSPS) is 55.2. The molecule has 4 rings (SSSR count). The summed E-state index contributed by atoms with van der Waals surface area (Å²) in [6.45, 7) is 8.41. The zero-order valence-corrected chi connectivity index (χ0v) is 16.3. The fourth-order valence-electron chi connectivity index (χ4n) is 8.49. The first-order valence-corrected chi connectivity index (χ1v) is 10.3. The fraction of sp³-hybridized carbons (Fsp3) is 0.909. The topological polar surface area (TPSA) is 54.4 Å². The molecule has 0 unspecified atom stereocenters. The number of hydrogen-bond donors (Lipinski definition) is 1. The molecule has 1 N–H and O–H groups in total. The second-order valence-electron chi connectivity index (χ2n) is 10.6. The molecule has 0 aromatic rings. The Kier molecular flexibility index (Phi) is 3.83. The van der Waals surface area contributed by atoms with E-state index in [0.717, 1.165) is 38.5 Å². The summed E-state index contributed by atoms with van der Waals surface area (Å²) in [4.78, 5) is 24.3. The second-order valence-corrected chi connectivity index (χ2v) is 10.6. The molecule has 4 aliphatic rings. The van der Waals surface area contributed by atoms with Crippen LogP contribution in [-0.4, -0.2) is 22.3 Å². The minimum atomic E-state index is -0.734. The van der Waals surface area contributed by atoms with Crippen LogP contribution in [0.25, 0.3) is 0 Å². The van der Waals surface area contributed by atoms with Gasteiger partial charge in [0.15, 0.2) is 0 Å². The van der Waals surface area contributed by atoms with Crippen LogP contribution < -0.4 is 0 Å². The van der Waals surface area contributed by atoms with Crippen LogP contribution in [0.5, 0.6) is 0 Å². The fourth-order valence-corrected chi connectivity index (χ4v) is 8.49. The largest absolute Gasteiger partial charge is 0.390 e. The third-order valence-electron chi connectivity index (χ3n) is 9.16. The van der Waals surface area contributed by atoms with Crippen molar-refractivity contribution in [3.05, 3.63) is 0 Å². The van der Waals surface area contributed by atoms with Gasteiger partial charge in [-0.2, -0.15) is 0 Å². The maximum absolute atomic E-state index is 12.3. The van der Waals surface area contributed by atoms with Crippen molar-refractivity contribution in [3.8, 4) is 0 Å². The molecule has 0 aliphatic heterocycles. The Morgan fingerprint density at radius 2 is 1.80 bits per heavy atom. The van der Waals surface area contributed by atoms with Crippen LogP contribution in [-0.2, 0) is 9.59 Å². The number of Topliss-reactive ketones (excluding diaryl/α,β-unsaturated/α-hetero) is 2. The van der Waals surface area contributed by atoms with Gasteiger partial charge in [-0.15, -0.1) is 0 Å². The lowest BCUT2D eigenvalue weighted by atomic mass is 9.41. The van der Waals surface area contributed by atoms with Crippen LogP contribution in [0.1, 0.15) is 79.1 Å². The summed E-state index contributed by atoms with van der Waals surface area (Å²) in [5, 5.41) is 11.7. The van der Waals surface area contributed by atoms with Crippen molar-refractivity contribution < 1.29 is 14.7 Å². The molecule has 8 atom stereocenters. The average Bonchev–Trinajstić information content (AvgIpc) is 2.83. The third-order valence-corrected chi connectivity index (χ3v) is 9.16. The van der Waals surface area contributed by atoms with Gasteiger partial charge < -0.3 is 5.11 Å². The summed E-state index contributed by atoms with van der Waals surface area (Å²) >= 11 is 0. The summed E-state index contributed by atoms with van der Waals surface area (Å²) in [6.07, 6.45) is 7.46. The van der Waals surface area contributed by atoms with Crippen molar-refractivity contribution in [2.75, 3.05) is 0 Å². The van der Waals surface area contributed by atoms with E-state index in [2.05, 4.69) is 13.8 Å². The molecule has 0 bridgehead atoms. The van der Waals surface area contributed by atoms with Crippen molar-refractivity contribution >= 4 is 11.6 Å². The maximum Gasteiger partial charge on any atom is 0.133 e. The van der Waals surface area contributed by atoms with E-state index in [1.165, 1.54) is 0 Å². The highest BCUT2D eigenvalue weighted by atomic mass is 16.3. The van der Waals surface area contributed by atoms with Crippen molar-refractivity contribution in [2.45, 2.75) is 84.7 Å². The summed E-state index contributed by atoms with van der Waals surface area (Å²) in [5.74, 6) is 2.62. The van der Waals surface area contributed by atoms with Gasteiger partial charge in [0.1, 0.15) is 11.6 Å². The lowest BCUT2D eigenvalue weighted by Gasteiger charge is -2.64. The Hall–Kier alpha value is -0.700. The van der Waals surface area contributed by atoms with Crippen LogP contribution in [0, 0.1) is 40.4 Å². The van der Waals surface area contributed by atoms with Gasteiger partial charge in [0.2, 0.25) is 0 Å². The van der Waals surface area contributed by atoms with Gasteiger partial charge in [-0.05, 0) is 86.9 Å². The number of rotatable bonds is 1. The molecule has 0 radical (unpaired) electrons. The van der Waals surface area contributed by atoms with Crippen molar-refractivity contribution in [1.82, 2.24) is 0 Å². The molecule has 0 heterocycles. The van der Waals surface area contributed by atoms with Crippen molar-refractivity contribution in [1.29, 1.82) is 0 Å². The molecule has 0 spiro atoms. The lowest BCUT2D eigenvalue weighted by molar-refractivity contribution is -0.213. The van der Waals surface area contributed by atoms with E-state index < -0.39 is 5.60 Å². The molecule has 3 heteroatoms. The van der Waals surface area contributed by atoms with Gasteiger partial charge in [-0.25, -0.2) is 0 Å². The van der Waals surface area contributed by atoms with E-state index >= 15 is 0 Å². The smallest absolute Gasteiger partial charge is 0.133 e. The van der Waals surface area contributed by atoms with Gasteiger partial charge in [-0.1, -0.05) is 13.8 Å². The first-order chi connectivity index (χ1) is 11.6. The number of carbonyl (C=O) groups is 2. The minimum absolute atomic E-state index is 0.0514. The first-order valence-electron chi connectivity index (χ1n) is 10.3. The average molecular weight is 347 g/mol. The number of ketones is 2. The number of carbonyl (C=O) groups excluding carboxylic acids is 2. The lowest BCUT2D eigenvalue weighted by Crippen LogP contribution is -2.63. The molecular formula is C22H34O3. The van der Waals surface area contributed by atoms with Crippen LogP contribution in [0.2, 0.25) is 0 Å². The molecular weight excluding hydrogens is 312 g/mol. The molecule has 4 aliphatic carbocycles. The summed E-state index contributed by atoms with van der Waals surface area (Å²) in [7, 11) is 0. The molecule has 0 aromatic heterocycles. The van der Waals surface area contributed by atoms with E-state index in [0.29, 0.717) is 42.2 Å². The zero-order chi connectivity index (χ0) is 18.2. The first kappa shape index (κ1) is 17.7. The van der Waals surface area contributed by atoms with Gasteiger partial charge in [0.05, 0.1) is 5.60 Å². The highest BCUT2D eigenvalue weighted by molar-refractivity contribution is 5.80. The molecule has 4 fully saturated rings. The van der Waals surface area contributed by atoms with Crippen LogP contribution >= 0.6 is 0 Å². The highest BCUT2D eigenvalue weighted by Gasteiger charge is 2.66. The molecule has 0 amide bonds. The summed E-state index contributed by atoms with van der Waals surface area (Å²) in [5.41, 5.74) is -0.706. The van der Waals surface area contributed by atoms with Crippen LogP contribution in [0.3, 0.4) is 0 Å². The Labute approximate surface area is 151 Å². The molecule has 0 aromatic carbocycles. The molecule has 4 saturated carbocycles. The van der Waals surface area contributed by atoms with Gasteiger partial charge in [0, 0.05) is 18.8 Å². The maximum atomic E-state index is 12.3. The van der Waals surface area contributed by atoms with Crippen molar-refractivity contribution in [2.24, 2.45) is 40.4 Å².